The molecule has 2 N–H and O–H groups in total. The lowest BCUT2D eigenvalue weighted by molar-refractivity contribution is -0.124. The summed E-state index contributed by atoms with van der Waals surface area (Å²) in [4.78, 5) is 29.6. The summed E-state index contributed by atoms with van der Waals surface area (Å²) < 4.78 is 42.0. The Morgan fingerprint density at radius 2 is 1.96 bits per heavy atom. The van der Waals surface area contributed by atoms with Crippen LogP contribution in [0.2, 0.25) is 5.02 Å². The number of anilines is 1. The summed E-state index contributed by atoms with van der Waals surface area (Å²) in [5.74, 6) is 0.162. The molecule has 4 aliphatic rings. The fourth-order valence-electron chi connectivity index (χ4n) is 7.19. The summed E-state index contributed by atoms with van der Waals surface area (Å²) in [5, 5.41) is 3.82. The molecule has 1 fully saturated rings. The molecule has 46 heavy (non-hydrogen) atoms. The summed E-state index contributed by atoms with van der Waals surface area (Å²) in [5.41, 5.74) is 1.56. The number of halogens is 1. The van der Waals surface area contributed by atoms with Gasteiger partial charge in [0.05, 0.1) is 22.7 Å². The van der Waals surface area contributed by atoms with Crippen LogP contribution in [0.15, 0.2) is 53.4 Å². The van der Waals surface area contributed by atoms with Crippen molar-refractivity contribution in [2.45, 2.75) is 67.9 Å². The molecular formula is C34H43ClN4O6S. The first-order chi connectivity index (χ1) is 21.8. The zero-order valence-corrected chi connectivity index (χ0v) is 28.4. The van der Waals surface area contributed by atoms with Crippen molar-refractivity contribution in [3.63, 3.8) is 0 Å². The second-order valence-corrected chi connectivity index (χ2v) is 16.0. The van der Waals surface area contributed by atoms with Gasteiger partial charge in [0, 0.05) is 50.1 Å². The Balaban J connectivity index is 1.44. The number of carbonyl (C=O) groups is 2. The molecule has 2 aromatic carbocycles. The first-order valence-electron chi connectivity index (χ1n) is 16.0. The maximum atomic E-state index is 13.6. The van der Waals surface area contributed by atoms with E-state index in [4.69, 9.17) is 21.1 Å². The fourth-order valence-corrected chi connectivity index (χ4v) is 8.52. The maximum absolute atomic E-state index is 13.6. The summed E-state index contributed by atoms with van der Waals surface area (Å²) in [6.45, 7) is 5.21. The molecule has 10 nitrogen and oxygen atoms in total. The van der Waals surface area contributed by atoms with Gasteiger partial charge in [0.15, 0.2) is 0 Å². The average molecular weight is 671 g/mol. The highest BCUT2D eigenvalue weighted by Gasteiger charge is 2.45. The predicted molar refractivity (Wildman–Crippen MR) is 177 cm³/mol. The lowest BCUT2D eigenvalue weighted by atomic mass is 9.68. The molecule has 2 heterocycles. The van der Waals surface area contributed by atoms with Crippen LogP contribution in [0.4, 0.5) is 10.5 Å². The summed E-state index contributed by atoms with van der Waals surface area (Å²) in [6.07, 6.45) is 7.53. The number of carbonyl (C=O) groups excluding carboxylic acids is 2. The van der Waals surface area contributed by atoms with E-state index < -0.39 is 33.7 Å². The average Bonchev–Trinajstić information content (AvgIpc) is 3.13. The van der Waals surface area contributed by atoms with Crippen LogP contribution in [0.3, 0.4) is 0 Å². The number of nitrogens with zero attached hydrogens (tertiary/aromatic N) is 2. The van der Waals surface area contributed by atoms with Gasteiger partial charge in [0.2, 0.25) is 0 Å². The van der Waals surface area contributed by atoms with Gasteiger partial charge in [-0.15, -0.1) is 0 Å². The minimum absolute atomic E-state index is 0.00860. The highest BCUT2D eigenvalue weighted by Crippen LogP contribution is 2.47. The highest BCUT2D eigenvalue weighted by molar-refractivity contribution is 7.90. The first-order valence-corrected chi connectivity index (χ1v) is 17.8. The predicted octanol–water partition coefficient (Wildman–Crippen LogP) is 4.65. The number of hydrogen-bond donors (Lipinski definition) is 2. The number of ether oxygens (including phenoxy) is 2. The second kappa shape index (κ2) is 12.4. The monoisotopic (exact) mass is 670 g/mol. The van der Waals surface area contributed by atoms with Gasteiger partial charge in [-0.2, -0.15) is 0 Å². The third-order valence-electron chi connectivity index (χ3n) is 10.1. The zero-order valence-electron chi connectivity index (χ0n) is 26.8. The van der Waals surface area contributed by atoms with Gasteiger partial charge in [0.1, 0.15) is 11.9 Å². The second-order valence-electron chi connectivity index (χ2n) is 13.8. The van der Waals surface area contributed by atoms with Crippen LogP contribution in [0, 0.1) is 11.8 Å². The molecule has 0 unspecified atom stereocenters. The van der Waals surface area contributed by atoms with Crippen molar-refractivity contribution >= 4 is 39.3 Å². The molecule has 2 aromatic rings. The molecule has 0 saturated heterocycles. The normalized spacial score (nSPS) is 29.1. The van der Waals surface area contributed by atoms with Crippen molar-refractivity contribution < 1.29 is 27.5 Å². The third-order valence-corrected chi connectivity index (χ3v) is 11.6. The summed E-state index contributed by atoms with van der Waals surface area (Å²) >= 11 is 6.41. The van der Waals surface area contributed by atoms with E-state index in [1.165, 1.54) is 22.1 Å². The smallest absolute Gasteiger partial charge is 0.409 e. The van der Waals surface area contributed by atoms with Crippen LogP contribution in [0.1, 0.15) is 50.7 Å². The number of benzene rings is 2. The minimum atomic E-state index is -4.19. The van der Waals surface area contributed by atoms with Crippen LogP contribution < -0.4 is 19.7 Å². The minimum Gasteiger partial charge on any atom is -0.490 e. The van der Waals surface area contributed by atoms with Gasteiger partial charge in [-0.25, -0.2) is 17.9 Å². The molecule has 6 rings (SSSR count). The Hall–Kier alpha value is -3.28. The van der Waals surface area contributed by atoms with Gasteiger partial charge in [-0.3, -0.25) is 4.79 Å². The summed E-state index contributed by atoms with van der Waals surface area (Å²) in [7, 11) is -0.860. The Kier molecular flexibility index (Phi) is 8.80. The molecule has 248 valence electrons. The Bertz CT molecular complexity index is 1660. The molecule has 0 aromatic heterocycles. The van der Waals surface area contributed by atoms with Gasteiger partial charge in [-0.05, 0) is 99.4 Å². The van der Waals surface area contributed by atoms with Crippen LogP contribution in [-0.2, 0) is 31.4 Å². The van der Waals surface area contributed by atoms with E-state index in [2.05, 4.69) is 21.0 Å². The number of amides is 2. The molecule has 2 bridgehead atoms. The third kappa shape index (κ3) is 6.33. The molecule has 12 heteroatoms. The van der Waals surface area contributed by atoms with E-state index in [0.717, 1.165) is 32.1 Å². The van der Waals surface area contributed by atoms with E-state index in [9.17, 15) is 18.0 Å². The van der Waals surface area contributed by atoms with Crippen molar-refractivity contribution in [2.24, 2.45) is 11.8 Å². The Morgan fingerprint density at radius 1 is 1.15 bits per heavy atom. The van der Waals surface area contributed by atoms with Crippen LogP contribution in [-0.4, -0.2) is 77.3 Å². The van der Waals surface area contributed by atoms with Crippen LogP contribution in [0.25, 0.3) is 0 Å². The van der Waals surface area contributed by atoms with Crippen molar-refractivity contribution in [3.8, 4) is 5.75 Å². The number of aryl methyl sites for hydroxylation is 1. The molecule has 2 aliphatic heterocycles. The van der Waals surface area contributed by atoms with E-state index in [1.54, 1.807) is 40.1 Å². The van der Waals surface area contributed by atoms with Crippen molar-refractivity contribution in [1.82, 2.24) is 14.9 Å². The molecule has 2 aliphatic carbocycles. The fraction of sp³-hybridized carbons (Fsp3) is 0.529. The molecule has 4 atom stereocenters. The van der Waals surface area contributed by atoms with Gasteiger partial charge in [-0.1, -0.05) is 23.7 Å². The molecule has 2 amide bonds. The molecule has 0 radical (unpaired) electrons. The van der Waals surface area contributed by atoms with Gasteiger partial charge >= 0.3 is 6.09 Å². The van der Waals surface area contributed by atoms with Crippen LogP contribution in [0.5, 0.6) is 5.75 Å². The Labute approximate surface area is 276 Å². The molecule has 1 spiro atoms. The Morgan fingerprint density at radius 3 is 2.70 bits per heavy atom. The lowest BCUT2D eigenvalue weighted by Crippen LogP contribution is -2.54. The molecular weight excluding hydrogens is 628 g/mol. The number of rotatable bonds is 1. The molecule has 1 saturated carbocycles. The van der Waals surface area contributed by atoms with E-state index in [-0.39, 0.29) is 28.7 Å². The standard InChI is InChI=1S/C34H43ClN4O6S/c1-33(2)31(40)37-46(42,43)25-11-14-30-28(18-25)39(20-34(21-44-30)15-5-7-22-17-24(35)10-13-27(22)34)19-23-9-12-26(23)29(8-6-16-36-33)45-32(41)38(3)4/h6,8,10-11,13-14,17-18,23,26,29,36H,5,7,9,12,15-16,19-21H2,1-4H3,(H,37,40)/b8-6+/t23-,26+,29-,34-/m0/s1. The first kappa shape index (κ1) is 32.7. The number of nitrogens with one attached hydrogen (secondary N) is 2. The van der Waals surface area contributed by atoms with Crippen LogP contribution >= 0.6 is 11.6 Å². The number of fused-ring (bicyclic) bond motifs is 4. The van der Waals surface area contributed by atoms with E-state index in [1.807, 2.05) is 24.3 Å². The summed E-state index contributed by atoms with van der Waals surface area (Å²) in [6, 6.07) is 10.9. The van der Waals surface area contributed by atoms with Gasteiger partial charge < -0.3 is 24.6 Å². The van der Waals surface area contributed by atoms with E-state index in [0.29, 0.717) is 36.2 Å². The topological polar surface area (TPSA) is 117 Å². The van der Waals surface area contributed by atoms with Gasteiger partial charge in [0.25, 0.3) is 15.9 Å². The zero-order chi connectivity index (χ0) is 32.9. The van der Waals surface area contributed by atoms with E-state index >= 15 is 0 Å². The van der Waals surface area contributed by atoms with Crippen molar-refractivity contribution in [1.29, 1.82) is 0 Å². The largest absolute Gasteiger partial charge is 0.490 e. The van der Waals surface area contributed by atoms with Crippen molar-refractivity contribution in [2.75, 3.05) is 45.2 Å². The number of sulfonamides is 1. The SMILES string of the molecule is CN(C)C(=O)O[C@H]1/C=C/CNC(C)(C)C(=O)NS(=O)(=O)c2ccc3c(c2)N(C[C@@H]2CC[C@H]21)C[C@@]1(CCCc2cc(Cl)ccc21)CO3. The quantitative estimate of drug-likeness (QED) is 0.422. The number of hydrogen-bond acceptors (Lipinski definition) is 8. The lowest BCUT2D eigenvalue weighted by Gasteiger charge is -2.46. The maximum Gasteiger partial charge on any atom is 0.409 e. The highest BCUT2D eigenvalue weighted by atomic mass is 35.5. The van der Waals surface area contributed by atoms with Crippen molar-refractivity contribution in [3.05, 3.63) is 64.7 Å².